The fraction of sp³-hybridized carbons (Fsp3) is 0.0690. The first kappa shape index (κ1) is 19.1. The standard InChI is InChI=1S/C29H22O2/c1-2-31-29(30)23-17-13-21(14-18-23)20-11-15-22(16-12-20)28-26-9-5-3-7-24(26)19-25-8-4-6-10-27(25)28/h3-19H,2H2,1H3. The Balaban J connectivity index is 1.56. The van der Waals surface area contributed by atoms with E-state index in [1.165, 1.54) is 32.7 Å². The summed E-state index contributed by atoms with van der Waals surface area (Å²) in [6, 6.07) is 35.6. The van der Waals surface area contributed by atoms with Crippen molar-refractivity contribution < 1.29 is 9.53 Å². The molecule has 0 radical (unpaired) electrons. The maximum atomic E-state index is 11.9. The fourth-order valence-corrected chi connectivity index (χ4v) is 4.17. The third-order valence-electron chi connectivity index (χ3n) is 5.67. The van der Waals surface area contributed by atoms with Crippen LogP contribution in [0, 0.1) is 0 Å². The Morgan fingerprint density at radius 2 is 1.13 bits per heavy atom. The molecule has 150 valence electrons. The van der Waals surface area contributed by atoms with Crippen LogP contribution in [0.25, 0.3) is 43.8 Å². The summed E-state index contributed by atoms with van der Waals surface area (Å²) in [4.78, 5) is 11.9. The first-order valence-corrected chi connectivity index (χ1v) is 10.5. The fourth-order valence-electron chi connectivity index (χ4n) is 4.17. The summed E-state index contributed by atoms with van der Waals surface area (Å²) < 4.78 is 5.07. The van der Waals surface area contributed by atoms with E-state index < -0.39 is 0 Å². The van der Waals surface area contributed by atoms with Crippen molar-refractivity contribution in [2.24, 2.45) is 0 Å². The van der Waals surface area contributed by atoms with Gasteiger partial charge in [-0.2, -0.15) is 0 Å². The summed E-state index contributed by atoms with van der Waals surface area (Å²) in [5.74, 6) is -0.285. The topological polar surface area (TPSA) is 26.3 Å². The normalized spacial score (nSPS) is 11.0. The number of benzene rings is 5. The van der Waals surface area contributed by atoms with Gasteiger partial charge in [0.15, 0.2) is 0 Å². The van der Waals surface area contributed by atoms with Crippen LogP contribution in [-0.2, 0) is 4.74 Å². The molecule has 0 atom stereocenters. The summed E-state index contributed by atoms with van der Waals surface area (Å²) in [6.45, 7) is 2.19. The molecule has 0 aliphatic rings. The lowest BCUT2D eigenvalue weighted by Crippen LogP contribution is -2.03. The summed E-state index contributed by atoms with van der Waals surface area (Å²) in [5.41, 5.74) is 5.22. The predicted octanol–water partition coefficient (Wildman–Crippen LogP) is 7.50. The van der Waals surface area contributed by atoms with Gasteiger partial charge in [-0.15, -0.1) is 0 Å². The van der Waals surface area contributed by atoms with Crippen LogP contribution in [0.4, 0.5) is 0 Å². The first-order chi connectivity index (χ1) is 15.2. The zero-order chi connectivity index (χ0) is 21.2. The van der Waals surface area contributed by atoms with Crippen molar-refractivity contribution in [2.75, 3.05) is 6.61 Å². The largest absolute Gasteiger partial charge is 0.462 e. The molecule has 0 aromatic heterocycles. The van der Waals surface area contributed by atoms with E-state index in [1.807, 2.05) is 31.2 Å². The third kappa shape index (κ3) is 3.57. The molecule has 5 aromatic rings. The van der Waals surface area contributed by atoms with Crippen molar-refractivity contribution >= 4 is 27.5 Å². The van der Waals surface area contributed by atoms with E-state index in [9.17, 15) is 4.79 Å². The van der Waals surface area contributed by atoms with E-state index in [1.54, 1.807) is 0 Å². The second-order valence-corrected chi connectivity index (χ2v) is 7.57. The van der Waals surface area contributed by atoms with Crippen molar-refractivity contribution in [3.05, 3.63) is 109 Å². The maximum Gasteiger partial charge on any atom is 0.338 e. The second-order valence-electron chi connectivity index (χ2n) is 7.57. The molecule has 5 aromatic carbocycles. The van der Waals surface area contributed by atoms with Gasteiger partial charge in [0.05, 0.1) is 12.2 Å². The van der Waals surface area contributed by atoms with Gasteiger partial charge >= 0.3 is 5.97 Å². The number of esters is 1. The molecule has 0 heterocycles. The van der Waals surface area contributed by atoms with Crippen molar-refractivity contribution in [2.45, 2.75) is 6.92 Å². The lowest BCUT2D eigenvalue weighted by atomic mass is 9.91. The van der Waals surface area contributed by atoms with E-state index in [0.717, 1.165) is 11.1 Å². The Bertz CT molecular complexity index is 1330. The molecule has 0 spiro atoms. The summed E-state index contributed by atoms with van der Waals surface area (Å²) in [5, 5.41) is 5.00. The summed E-state index contributed by atoms with van der Waals surface area (Å²) in [7, 11) is 0. The number of carbonyl (C=O) groups excluding carboxylic acids is 1. The van der Waals surface area contributed by atoms with Crippen molar-refractivity contribution in [1.82, 2.24) is 0 Å². The molecule has 0 fully saturated rings. The average molecular weight is 402 g/mol. The number of rotatable bonds is 4. The highest BCUT2D eigenvalue weighted by Crippen LogP contribution is 2.37. The van der Waals surface area contributed by atoms with Gasteiger partial charge in [-0.05, 0) is 68.9 Å². The Kier molecular flexibility index (Phi) is 4.97. The van der Waals surface area contributed by atoms with Gasteiger partial charge in [-0.25, -0.2) is 4.79 Å². The molecule has 0 aliphatic heterocycles. The van der Waals surface area contributed by atoms with Gasteiger partial charge in [0.1, 0.15) is 0 Å². The number of hydrogen-bond acceptors (Lipinski definition) is 2. The Labute approximate surface area is 181 Å². The molecular weight excluding hydrogens is 380 g/mol. The maximum absolute atomic E-state index is 11.9. The SMILES string of the molecule is CCOC(=O)c1ccc(-c2ccc(-c3c4ccccc4cc4ccccc34)cc2)cc1. The van der Waals surface area contributed by atoms with E-state index in [2.05, 4.69) is 78.9 Å². The highest BCUT2D eigenvalue weighted by Gasteiger charge is 2.10. The van der Waals surface area contributed by atoms with Crippen LogP contribution in [0.5, 0.6) is 0 Å². The van der Waals surface area contributed by atoms with Gasteiger partial charge < -0.3 is 4.74 Å². The molecular formula is C29H22O2. The van der Waals surface area contributed by atoms with Crippen LogP contribution >= 0.6 is 0 Å². The first-order valence-electron chi connectivity index (χ1n) is 10.5. The van der Waals surface area contributed by atoms with E-state index in [-0.39, 0.29) is 5.97 Å². The predicted molar refractivity (Wildman–Crippen MR) is 128 cm³/mol. The van der Waals surface area contributed by atoms with E-state index >= 15 is 0 Å². The number of ether oxygens (including phenoxy) is 1. The van der Waals surface area contributed by atoms with E-state index in [0.29, 0.717) is 12.2 Å². The van der Waals surface area contributed by atoms with Gasteiger partial charge in [0.25, 0.3) is 0 Å². The lowest BCUT2D eigenvalue weighted by molar-refractivity contribution is 0.0526. The quantitative estimate of drug-likeness (QED) is 0.230. The van der Waals surface area contributed by atoms with Crippen LogP contribution < -0.4 is 0 Å². The monoisotopic (exact) mass is 402 g/mol. The molecule has 5 rings (SSSR count). The zero-order valence-electron chi connectivity index (χ0n) is 17.3. The molecule has 2 heteroatoms. The van der Waals surface area contributed by atoms with Crippen LogP contribution in [0.3, 0.4) is 0 Å². The third-order valence-corrected chi connectivity index (χ3v) is 5.67. The number of carbonyl (C=O) groups is 1. The molecule has 0 amide bonds. The van der Waals surface area contributed by atoms with E-state index in [4.69, 9.17) is 4.74 Å². The van der Waals surface area contributed by atoms with Gasteiger partial charge in [0.2, 0.25) is 0 Å². The lowest BCUT2D eigenvalue weighted by Gasteiger charge is -2.13. The van der Waals surface area contributed by atoms with Gasteiger partial charge in [0, 0.05) is 0 Å². The molecule has 0 saturated carbocycles. The molecule has 0 N–H and O–H groups in total. The van der Waals surface area contributed by atoms with Crippen molar-refractivity contribution in [1.29, 1.82) is 0 Å². The molecule has 0 bridgehead atoms. The second kappa shape index (κ2) is 8.08. The minimum absolute atomic E-state index is 0.285. The highest BCUT2D eigenvalue weighted by atomic mass is 16.5. The Morgan fingerprint density at radius 1 is 0.645 bits per heavy atom. The average Bonchev–Trinajstić information content (AvgIpc) is 2.83. The molecule has 2 nitrogen and oxygen atoms in total. The molecule has 0 unspecified atom stereocenters. The van der Waals surface area contributed by atoms with Crippen LogP contribution in [-0.4, -0.2) is 12.6 Å². The molecule has 0 saturated heterocycles. The minimum atomic E-state index is -0.285. The Morgan fingerprint density at radius 3 is 1.68 bits per heavy atom. The number of fused-ring (bicyclic) bond motifs is 2. The summed E-state index contributed by atoms with van der Waals surface area (Å²) in [6.07, 6.45) is 0. The summed E-state index contributed by atoms with van der Waals surface area (Å²) >= 11 is 0. The zero-order valence-corrected chi connectivity index (χ0v) is 17.3. The minimum Gasteiger partial charge on any atom is -0.462 e. The number of hydrogen-bond donors (Lipinski definition) is 0. The van der Waals surface area contributed by atoms with Crippen molar-refractivity contribution in [3.8, 4) is 22.3 Å². The Hall–Kier alpha value is -3.91. The smallest absolute Gasteiger partial charge is 0.338 e. The highest BCUT2D eigenvalue weighted by molar-refractivity contribution is 6.12. The van der Waals surface area contributed by atoms with Gasteiger partial charge in [-0.3, -0.25) is 0 Å². The van der Waals surface area contributed by atoms with Crippen LogP contribution in [0.2, 0.25) is 0 Å². The van der Waals surface area contributed by atoms with Crippen LogP contribution in [0.1, 0.15) is 17.3 Å². The van der Waals surface area contributed by atoms with Crippen LogP contribution in [0.15, 0.2) is 103 Å². The van der Waals surface area contributed by atoms with Crippen molar-refractivity contribution in [3.63, 3.8) is 0 Å². The molecule has 31 heavy (non-hydrogen) atoms. The van der Waals surface area contributed by atoms with Gasteiger partial charge in [-0.1, -0.05) is 84.9 Å². The molecule has 0 aliphatic carbocycles.